The zero-order valence-electron chi connectivity index (χ0n) is 15.3. The highest BCUT2D eigenvalue weighted by Gasteiger charge is 2.89. The fraction of sp³-hybridized carbons (Fsp3) is 0.842. The van der Waals surface area contributed by atoms with Crippen molar-refractivity contribution in [1.82, 2.24) is 0 Å². The lowest BCUT2D eigenvalue weighted by atomic mass is 9.49. The smallest absolute Gasteiger partial charge is 0.334 e. The Morgan fingerprint density at radius 3 is 2.84 bits per heavy atom. The zero-order valence-corrected chi connectivity index (χ0v) is 16.1. The average Bonchev–Trinajstić information content (AvgIpc) is 3.45. The van der Waals surface area contributed by atoms with Crippen LogP contribution in [-0.2, 0) is 23.7 Å². The fourth-order valence-electron chi connectivity index (χ4n) is 6.43. The summed E-state index contributed by atoms with van der Waals surface area (Å²) in [4.78, 5) is 12.0. The molecule has 1 saturated carbocycles. The summed E-state index contributed by atoms with van der Waals surface area (Å²) in [5.74, 6) is 0.864. The van der Waals surface area contributed by atoms with Gasteiger partial charge in [0, 0.05) is 11.0 Å². The maximum Gasteiger partial charge on any atom is 0.334 e. The van der Waals surface area contributed by atoms with Crippen LogP contribution in [0.5, 0.6) is 0 Å². The van der Waals surface area contributed by atoms with Crippen molar-refractivity contribution in [2.75, 3.05) is 18.8 Å². The number of ether oxygens (including phenoxy) is 4. The highest BCUT2D eigenvalue weighted by Crippen LogP contribution is 2.76. The van der Waals surface area contributed by atoms with E-state index in [2.05, 4.69) is 20.8 Å². The van der Waals surface area contributed by atoms with E-state index in [0.29, 0.717) is 18.5 Å². The third-order valence-corrected chi connectivity index (χ3v) is 8.00. The molecule has 5 aliphatic rings. The van der Waals surface area contributed by atoms with Crippen LogP contribution in [-0.4, -0.2) is 54.3 Å². The normalized spacial score (nSPS) is 50.9. The number of cyclic esters (lactones) is 1. The molecule has 3 aliphatic heterocycles. The molecule has 7 atom stereocenters. The van der Waals surface area contributed by atoms with E-state index in [0.717, 1.165) is 24.8 Å². The van der Waals surface area contributed by atoms with E-state index < -0.39 is 0 Å². The molecule has 0 aromatic rings. The van der Waals surface area contributed by atoms with Gasteiger partial charge in [-0.3, -0.25) is 0 Å². The van der Waals surface area contributed by atoms with Crippen LogP contribution in [0.1, 0.15) is 40.0 Å². The highest BCUT2D eigenvalue weighted by molar-refractivity contribution is 7.98. The van der Waals surface area contributed by atoms with Crippen LogP contribution in [0.15, 0.2) is 11.1 Å². The minimum Gasteiger partial charge on any atom is -0.458 e. The Balaban J connectivity index is 1.55. The van der Waals surface area contributed by atoms with Gasteiger partial charge in [-0.1, -0.05) is 6.92 Å². The minimum atomic E-state index is -0.338. The molecule has 0 N–H and O–H groups in total. The van der Waals surface area contributed by atoms with Gasteiger partial charge in [-0.25, -0.2) is 4.79 Å². The first-order valence-electron chi connectivity index (χ1n) is 9.27. The van der Waals surface area contributed by atoms with Crippen LogP contribution in [0.3, 0.4) is 0 Å². The number of epoxide rings is 2. The first-order chi connectivity index (χ1) is 11.9. The van der Waals surface area contributed by atoms with Crippen molar-refractivity contribution in [2.45, 2.75) is 69.5 Å². The van der Waals surface area contributed by atoms with Crippen molar-refractivity contribution < 1.29 is 23.7 Å². The van der Waals surface area contributed by atoms with Gasteiger partial charge in [0.25, 0.3) is 0 Å². The summed E-state index contributed by atoms with van der Waals surface area (Å²) in [7, 11) is 0. The van der Waals surface area contributed by atoms with E-state index in [1.807, 2.05) is 6.26 Å². The second kappa shape index (κ2) is 5.03. The van der Waals surface area contributed by atoms with Crippen molar-refractivity contribution in [3.05, 3.63) is 11.1 Å². The van der Waals surface area contributed by atoms with Gasteiger partial charge in [-0.2, -0.15) is 0 Å². The Hall–Kier alpha value is -0.560. The van der Waals surface area contributed by atoms with E-state index in [9.17, 15) is 4.79 Å². The molecule has 0 aromatic heterocycles. The highest BCUT2D eigenvalue weighted by atomic mass is 32.2. The van der Waals surface area contributed by atoms with Crippen LogP contribution >= 0.6 is 11.8 Å². The standard InChI is InChI=1S/C19H26O5S/c1-10(22-9-25-4)18-15(24-18)7-14-13-8-21-16(20)12(13)5-6-17(14,3)19(18)11(2)23-19/h10-11,14-15H,5-9H2,1-4H3. The third kappa shape index (κ3) is 1.75. The molecule has 2 aliphatic carbocycles. The van der Waals surface area contributed by atoms with Gasteiger partial charge in [0.05, 0.1) is 24.3 Å². The molecule has 25 heavy (non-hydrogen) atoms. The van der Waals surface area contributed by atoms with Crippen molar-refractivity contribution >= 4 is 17.7 Å². The van der Waals surface area contributed by atoms with Crippen molar-refractivity contribution in [3.63, 3.8) is 0 Å². The summed E-state index contributed by atoms with van der Waals surface area (Å²) in [5, 5.41) is 0. The van der Waals surface area contributed by atoms with Gasteiger partial charge in [0.1, 0.15) is 12.2 Å². The predicted molar refractivity (Wildman–Crippen MR) is 93.2 cm³/mol. The summed E-state index contributed by atoms with van der Waals surface area (Å²) in [6.45, 7) is 7.09. The first kappa shape index (κ1) is 16.6. The lowest BCUT2D eigenvalue weighted by Crippen LogP contribution is -2.62. The van der Waals surface area contributed by atoms with Gasteiger partial charge in [0.15, 0.2) is 5.60 Å². The summed E-state index contributed by atoms with van der Waals surface area (Å²) >= 11 is 1.69. The molecule has 6 heteroatoms. The Kier molecular flexibility index (Phi) is 3.34. The number of hydrogen-bond donors (Lipinski definition) is 0. The average molecular weight is 366 g/mol. The Bertz CT molecular complexity index is 677. The maximum atomic E-state index is 12.0. The van der Waals surface area contributed by atoms with Gasteiger partial charge in [-0.05, 0) is 50.9 Å². The van der Waals surface area contributed by atoms with E-state index in [4.69, 9.17) is 18.9 Å². The van der Waals surface area contributed by atoms with E-state index in [1.165, 1.54) is 5.57 Å². The molecule has 3 fully saturated rings. The molecule has 2 saturated heterocycles. The molecule has 0 aromatic carbocycles. The van der Waals surface area contributed by atoms with Crippen LogP contribution < -0.4 is 0 Å². The number of hydrogen-bond acceptors (Lipinski definition) is 6. The maximum absolute atomic E-state index is 12.0. The quantitative estimate of drug-likeness (QED) is 0.433. The summed E-state index contributed by atoms with van der Waals surface area (Å²) in [5.41, 5.74) is 1.45. The van der Waals surface area contributed by atoms with Crippen molar-refractivity contribution in [3.8, 4) is 0 Å². The van der Waals surface area contributed by atoms with Gasteiger partial charge >= 0.3 is 5.97 Å². The Morgan fingerprint density at radius 1 is 1.40 bits per heavy atom. The van der Waals surface area contributed by atoms with Gasteiger partial charge in [0.2, 0.25) is 0 Å². The fourth-order valence-corrected chi connectivity index (χ4v) is 6.77. The minimum absolute atomic E-state index is 0.00418. The van der Waals surface area contributed by atoms with Gasteiger partial charge < -0.3 is 18.9 Å². The molecular weight excluding hydrogens is 340 g/mol. The molecule has 0 amide bonds. The van der Waals surface area contributed by atoms with Crippen LogP contribution in [0, 0.1) is 11.3 Å². The van der Waals surface area contributed by atoms with E-state index in [1.54, 1.807) is 11.8 Å². The second-order valence-electron chi connectivity index (χ2n) is 8.40. The molecule has 7 unspecified atom stereocenters. The number of rotatable bonds is 4. The summed E-state index contributed by atoms with van der Waals surface area (Å²) < 4.78 is 24.2. The van der Waals surface area contributed by atoms with Crippen molar-refractivity contribution in [2.24, 2.45) is 11.3 Å². The molecule has 0 radical (unpaired) electrons. The topological polar surface area (TPSA) is 60.6 Å². The lowest BCUT2D eigenvalue weighted by Gasteiger charge is -2.51. The summed E-state index contributed by atoms with van der Waals surface area (Å²) in [6.07, 6.45) is 5.04. The zero-order chi connectivity index (χ0) is 17.6. The van der Waals surface area contributed by atoms with Gasteiger partial charge in [-0.15, -0.1) is 11.8 Å². The van der Waals surface area contributed by atoms with Crippen LogP contribution in [0.25, 0.3) is 0 Å². The SMILES string of the molecule is CSCOC(C)C12OC1CC1C3=C(CCC1(C)C21OC1C)C(=O)OC3. The number of carbonyl (C=O) groups is 1. The molecule has 1 spiro atoms. The molecule has 5 rings (SSSR count). The first-order valence-corrected chi connectivity index (χ1v) is 10.7. The molecule has 138 valence electrons. The number of thioether (sulfide) groups is 1. The number of carbonyl (C=O) groups excluding carboxylic acids is 1. The second-order valence-corrected chi connectivity index (χ2v) is 9.21. The monoisotopic (exact) mass is 366 g/mol. The predicted octanol–water partition coefficient (Wildman–Crippen LogP) is 2.68. The van der Waals surface area contributed by atoms with Crippen molar-refractivity contribution in [1.29, 1.82) is 0 Å². The Morgan fingerprint density at radius 2 is 2.16 bits per heavy atom. The van der Waals surface area contributed by atoms with E-state index >= 15 is 0 Å². The summed E-state index contributed by atoms with van der Waals surface area (Å²) in [6, 6.07) is 0. The number of esters is 1. The molecule has 5 nitrogen and oxygen atoms in total. The molecule has 3 heterocycles. The Labute approximate surface area is 152 Å². The van der Waals surface area contributed by atoms with E-state index in [-0.39, 0.29) is 40.9 Å². The molecular formula is C19H26O5S. The van der Waals surface area contributed by atoms with Crippen LogP contribution in [0.2, 0.25) is 0 Å². The largest absolute Gasteiger partial charge is 0.458 e. The third-order valence-electron chi connectivity index (χ3n) is 7.63. The lowest BCUT2D eigenvalue weighted by molar-refractivity contribution is -0.136. The van der Waals surface area contributed by atoms with Crippen LogP contribution in [0.4, 0.5) is 0 Å². The molecule has 0 bridgehead atoms. The number of fused-ring (bicyclic) bond motifs is 5.